The standard InChI is InChI=1S/C18H24N4O2/c1-13-11-15(22(2)21-13)19-17(24)20-16(14-7-4-3-5-8-14)18(12-23)9-6-10-18/h3-5,7-8,11,16,23H,6,9-10,12H2,1-2H3,(H2,19,20,24)/t16-/m0/s1. The van der Waals surface area contributed by atoms with Gasteiger partial charge in [-0.3, -0.25) is 10.00 Å². The van der Waals surface area contributed by atoms with Gasteiger partial charge in [0, 0.05) is 18.5 Å². The Bertz CT molecular complexity index is 702. The van der Waals surface area contributed by atoms with Gasteiger partial charge in [0.2, 0.25) is 0 Å². The molecule has 3 N–H and O–H groups in total. The number of nitrogens with one attached hydrogen (secondary N) is 2. The van der Waals surface area contributed by atoms with Gasteiger partial charge < -0.3 is 10.4 Å². The topological polar surface area (TPSA) is 79.2 Å². The Morgan fingerprint density at radius 1 is 1.38 bits per heavy atom. The first kappa shape index (κ1) is 16.5. The molecule has 0 radical (unpaired) electrons. The molecule has 2 aromatic rings. The van der Waals surface area contributed by atoms with Crippen molar-refractivity contribution < 1.29 is 9.90 Å². The Labute approximate surface area is 141 Å². The summed E-state index contributed by atoms with van der Waals surface area (Å²) in [5.74, 6) is 0.642. The fraction of sp³-hybridized carbons (Fsp3) is 0.444. The van der Waals surface area contributed by atoms with E-state index >= 15 is 0 Å². The molecule has 0 unspecified atom stereocenters. The average Bonchev–Trinajstić information content (AvgIpc) is 2.84. The van der Waals surface area contributed by atoms with Crippen molar-refractivity contribution in [2.75, 3.05) is 11.9 Å². The molecule has 1 aliphatic rings. The second kappa shape index (κ2) is 6.65. The van der Waals surface area contributed by atoms with Crippen LogP contribution >= 0.6 is 0 Å². The third-order valence-electron chi connectivity index (χ3n) is 4.93. The lowest BCUT2D eigenvalue weighted by atomic mass is 9.63. The molecular weight excluding hydrogens is 304 g/mol. The zero-order valence-electron chi connectivity index (χ0n) is 14.1. The van der Waals surface area contributed by atoms with E-state index in [0.29, 0.717) is 5.82 Å². The normalized spacial score (nSPS) is 17.0. The molecular formula is C18H24N4O2. The summed E-state index contributed by atoms with van der Waals surface area (Å²) in [4.78, 5) is 12.5. The smallest absolute Gasteiger partial charge is 0.320 e. The minimum absolute atomic E-state index is 0.0671. The maximum absolute atomic E-state index is 12.5. The van der Waals surface area contributed by atoms with Crippen molar-refractivity contribution in [1.82, 2.24) is 15.1 Å². The second-order valence-corrected chi connectivity index (χ2v) is 6.61. The quantitative estimate of drug-likeness (QED) is 0.789. The first-order valence-electron chi connectivity index (χ1n) is 8.28. The number of benzene rings is 1. The summed E-state index contributed by atoms with van der Waals surface area (Å²) in [6.45, 7) is 1.95. The highest BCUT2D eigenvalue weighted by molar-refractivity contribution is 5.88. The fourth-order valence-corrected chi connectivity index (χ4v) is 3.42. The van der Waals surface area contributed by atoms with E-state index in [1.165, 1.54) is 0 Å². The number of nitrogens with zero attached hydrogens (tertiary/aromatic N) is 2. The summed E-state index contributed by atoms with van der Waals surface area (Å²) in [5.41, 5.74) is 1.59. The first-order valence-corrected chi connectivity index (χ1v) is 8.28. The number of hydrogen-bond donors (Lipinski definition) is 3. The number of urea groups is 1. The van der Waals surface area contributed by atoms with E-state index in [1.807, 2.05) is 43.3 Å². The van der Waals surface area contributed by atoms with Crippen LogP contribution in [0.25, 0.3) is 0 Å². The molecule has 3 rings (SSSR count). The van der Waals surface area contributed by atoms with E-state index in [1.54, 1.807) is 11.7 Å². The van der Waals surface area contributed by atoms with Gasteiger partial charge >= 0.3 is 6.03 Å². The largest absolute Gasteiger partial charge is 0.396 e. The van der Waals surface area contributed by atoms with Crippen molar-refractivity contribution in [2.24, 2.45) is 12.5 Å². The van der Waals surface area contributed by atoms with Gasteiger partial charge in [0.1, 0.15) is 5.82 Å². The number of hydrogen-bond acceptors (Lipinski definition) is 3. The summed E-state index contributed by atoms with van der Waals surface area (Å²) in [5, 5.41) is 20.1. The number of aryl methyl sites for hydroxylation is 2. The zero-order chi connectivity index (χ0) is 17.2. The molecule has 2 amide bonds. The number of anilines is 1. The molecule has 24 heavy (non-hydrogen) atoms. The molecule has 1 aromatic heterocycles. The Balaban J connectivity index is 1.79. The molecule has 1 saturated carbocycles. The number of aliphatic hydroxyl groups is 1. The lowest BCUT2D eigenvalue weighted by Crippen LogP contribution is -2.48. The van der Waals surface area contributed by atoms with Crippen LogP contribution in [0, 0.1) is 12.3 Å². The Hall–Kier alpha value is -2.34. The molecule has 128 valence electrons. The van der Waals surface area contributed by atoms with E-state index < -0.39 is 0 Å². The summed E-state index contributed by atoms with van der Waals surface area (Å²) < 4.78 is 1.64. The van der Waals surface area contributed by atoms with Crippen LogP contribution in [0.1, 0.15) is 36.6 Å². The summed E-state index contributed by atoms with van der Waals surface area (Å²) in [6, 6.07) is 11.2. The molecule has 6 nitrogen and oxygen atoms in total. The minimum atomic E-state index is -0.286. The van der Waals surface area contributed by atoms with E-state index in [0.717, 1.165) is 30.5 Å². The average molecular weight is 328 g/mol. The van der Waals surface area contributed by atoms with E-state index in [2.05, 4.69) is 15.7 Å². The highest BCUT2D eigenvalue weighted by Gasteiger charge is 2.45. The molecule has 1 heterocycles. The molecule has 0 spiro atoms. The van der Waals surface area contributed by atoms with E-state index in [-0.39, 0.29) is 24.1 Å². The number of aliphatic hydroxyl groups excluding tert-OH is 1. The van der Waals surface area contributed by atoms with Crippen molar-refractivity contribution in [3.8, 4) is 0 Å². The molecule has 1 aromatic carbocycles. The third-order valence-corrected chi connectivity index (χ3v) is 4.93. The molecule has 0 bridgehead atoms. The van der Waals surface area contributed by atoms with Crippen molar-refractivity contribution >= 4 is 11.8 Å². The number of amides is 2. The lowest BCUT2D eigenvalue weighted by Gasteiger charge is -2.46. The van der Waals surface area contributed by atoms with Crippen LogP contribution in [0.5, 0.6) is 0 Å². The Morgan fingerprint density at radius 3 is 2.58 bits per heavy atom. The molecule has 0 aliphatic heterocycles. The van der Waals surface area contributed by atoms with Gasteiger partial charge in [0.15, 0.2) is 0 Å². The van der Waals surface area contributed by atoms with Crippen LogP contribution in [0.2, 0.25) is 0 Å². The number of carbonyl (C=O) groups excluding carboxylic acids is 1. The van der Waals surface area contributed by atoms with Crippen molar-refractivity contribution in [3.63, 3.8) is 0 Å². The van der Waals surface area contributed by atoms with Gasteiger partial charge in [-0.1, -0.05) is 36.8 Å². The predicted molar refractivity (Wildman–Crippen MR) is 92.7 cm³/mol. The van der Waals surface area contributed by atoms with Crippen LogP contribution in [0.15, 0.2) is 36.4 Å². The highest BCUT2D eigenvalue weighted by atomic mass is 16.3. The minimum Gasteiger partial charge on any atom is -0.396 e. The number of aromatic nitrogens is 2. The third kappa shape index (κ3) is 3.14. The Kier molecular flexibility index (Phi) is 4.57. The highest BCUT2D eigenvalue weighted by Crippen LogP contribution is 2.49. The van der Waals surface area contributed by atoms with Crippen molar-refractivity contribution in [2.45, 2.75) is 32.2 Å². The second-order valence-electron chi connectivity index (χ2n) is 6.61. The predicted octanol–water partition coefficient (Wildman–Crippen LogP) is 2.75. The van der Waals surface area contributed by atoms with Crippen molar-refractivity contribution in [1.29, 1.82) is 0 Å². The molecule has 1 atom stereocenters. The summed E-state index contributed by atoms with van der Waals surface area (Å²) in [6.07, 6.45) is 2.90. The van der Waals surface area contributed by atoms with Gasteiger partial charge in [-0.15, -0.1) is 0 Å². The monoisotopic (exact) mass is 328 g/mol. The summed E-state index contributed by atoms with van der Waals surface area (Å²) in [7, 11) is 1.79. The van der Waals surface area contributed by atoms with E-state index in [9.17, 15) is 9.90 Å². The maximum Gasteiger partial charge on any atom is 0.320 e. The summed E-state index contributed by atoms with van der Waals surface area (Å²) >= 11 is 0. The van der Waals surface area contributed by atoms with Crippen LogP contribution in [-0.2, 0) is 7.05 Å². The van der Waals surface area contributed by atoms with Gasteiger partial charge in [0.05, 0.1) is 18.3 Å². The van der Waals surface area contributed by atoms with Crippen LogP contribution < -0.4 is 10.6 Å². The fourth-order valence-electron chi connectivity index (χ4n) is 3.42. The van der Waals surface area contributed by atoms with Gasteiger partial charge in [-0.25, -0.2) is 4.79 Å². The van der Waals surface area contributed by atoms with Crippen LogP contribution in [0.4, 0.5) is 10.6 Å². The molecule has 1 aliphatic carbocycles. The van der Waals surface area contributed by atoms with Crippen LogP contribution in [0.3, 0.4) is 0 Å². The zero-order valence-corrected chi connectivity index (χ0v) is 14.1. The van der Waals surface area contributed by atoms with Crippen LogP contribution in [-0.4, -0.2) is 27.5 Å². The molecule has 0 saturated heterocycles. The van der Waals surface area contributed by atoms with Crippen molar-refractivity contribution in [3.05, 3.63) is 47.7 Å². The number of carbonyl (C=O) groups is 1. The van der Waals surface area contributed by atoms with Gasteiger partial charge in [-0.05, 0) is 25.3 Å². The maximum atomic E-state index is 12.5. The van der Waals surface area contributed by atoms with Gasteiger partial charge in [0.25, 0.3) is 0 Å². The SMILES string of the molecule is Cc1cc(NC(=O)N[C@@H](c2ccccc2)C2(CO)CCC2)n(C)n1. The number of rotatable bonds is 5. The van der Waals surface area contributed by atoms with Gasteiger partial charge in [-0.2, -0.15) is 5.10 Å². The lowest BCUT2D eigenvalue weighted by molar-refractivity contribution is 0.00969. The first-order chi connectivity index (χ1) is 11.5. The molecule has 6 heteroatoms. The molecule has 1 fully saturated rings. The van der Waals surface area contributed by atoms with E-state index in [4.69, 9.17) is 0 Å². The Morgan fingerprint density at radius 2 is 2.08 bits per heavy atom.